The van der Waals surface area contributed by atoms with E-state index in [1.807, 2.05) is 12.1 Å². The van der Waals surface area contributed by atoms with Crippen molar-refractivity contribution in [3.63, 3.8) is 0 Å². The Balaban J connectivity index is 1.95. The van der Waals surface area contributed by atoms with E-state index in [9.17, 15) is 5.11 Å². The Morgan fingerprint density at radius 3 is 2.86 bits per heavy atom. The summed E-state index contributed by atoms with van der Waals surface area (Å²) in [5.41, 5.74) is 6.35. The van der Waals surface area contributed by atoms with E-state index < -0.39 is 0 Å². The van der Waals surface area contributed by atoms with Gasteiger partial charge in [0.25, 0.3) is 0 Å². The van der Waals surface area contributed by atoms with E-state index in [0.717, 1.165) is 31.5 Å². The highest BCUT2D eigenvalue weighted by atomic mass is 16.3. The van der Waals surface area contributed by atoms with Gasteiger partial charge in [-0.25, -0.2) is 0 Å². The van der Waals surface area contributed by atoms with Crippen LogP contribution in [0.2, 0.25) is 0 Å². The van der Waals surface area contributed by atoms with Crippen molar-refractivity contribution in [3.8, 4) is 16.9 Å². The lowest BCUT2D eigenvalue weighted by atomic mass is 9.77. The predicted octanol–water partition coefficient (Wildman–Crippen LogP) is 3.70. The topological polar surface area (TPSA) is 23.5 Å². The molecule has 1 unspecified atom stereocenters. The summed E-state index contributed by atoms with van der Waals surface area (Å²) in [6, 6.07) is 12.8. The van der Waals surface area contributed by atoms with Crippen LogP contribution in [0, 0.1) is 0 Å². The van der Waals surface area contributed by atoms with Crippen molar-refractivity contribution in [2.75, 3.05) is 13.1 Å². The summed E-state index contributed by atoms with van der Waals surface area (Å²) in [5, 5.41) is 10.3. The lowest BCUT2D eigenvalue weighted by Crippen LogP contribution is -2.38. The minimum Gasteiger partial charge on any atom is -0.507 e. The molecule has 0 saturated heterocycles. The van der Waals surface area contributed by atoms with Crippen molar-refractivity contribution >= 4 is 0 Å². The molecule has 4 rings (SSSR count). The molecule has 21 heavy (non-hydrogen) atoms. The third-order valence-electron chi connectivity index (χ3n) is 4.81. The summed E-state index contributed by atoms with van der Waals surface area (Å²) in [7, 11) is 0. The third kappa shape index (κ3) is 1.83. The maximum absolute atomic E-state index is 10.3. The van der Waals surface area contributed by atoms with E-state index in [4.69, 9.17) is 0 Å². The van der Waals surface area contributed by atoms with E-state index in [1.165, 1.54) is 22.3 Å². The van der Waals surface area contributed by atoms with Crippen molar-refractivity contribution in [2.24, 2.45) is 0 Å². The second-order valence-corrected chi connectivity index (χ2v) is 5.94. The molecule has 2 nitrogen and oxygen atoms in total. The van der Waals surface area contributed by atoms with Gasteiger partial charge in [0.15, 0.2) is 0 Å². The van der Waals surface area contributed by atoms with Crippen LogP contribution in [-0.2, 0) is 12.8 Å². The standard InChI is InChI=1S/C19H19NO/c1-2-10-20-11-9-13-5-3-7-15-18(13)16(20)12-14-6-4-8-17(21)19(14)15/h2-8,16,21H,1,9-12H2. The molecule has 1 atom stereocenters. The minimum atomic E-state index is 0.403. The molecule has 2 aromatic carbocycles. The molecule has 1 aliphatic carbocycles. The first kappa shape index (κ1) is 12.7. The van der Waals surface area contributed by atoms with Gasteiger partial charge in [0, 0.05) is 24.7 Å². The van der Waals surface area contributed by atoms with Crippen LogP contribution in [0.4, 0.5) is 0 Å². The quantitative estimate of drug-likeness (QED) is 0.846. The zero-order valence-corrected chi connectivity index (χ0v) is 12.0. The summed E-state index contributed by atoms with van der Waals surface area (Å²) in [6.07, 6.45) is 4.05. The minimum absolute atomic E-state index is 0.403. The van der Waals surface area contributed by atoms with Crippen LogP contribution in [0.3, 0.4) is 0 Å². The van der Waals surface area contributed by atoms with E-state index in [-0.39, 0.29) is 0 Å². The summed E-state index contributed by atoms with van der Waals surface area (Å²) >= 11 is 0. The molecule has 0 spiro atoms. The zero-order valence-electron chi connectivity index (χ0n) is 12.0. The lowest BCUT2D eigenvalue weighted by molar-refractivity contribution is 0.203. The highest BCUT2D eigenvalue weighted by molar-refractivity contribution is 5.80. The normalized spacial score (nSPS) is 19.7. The monoisotopic (exact) mass is 277 g/mol. The molecular formula is C19H19NO. The van der Waals surface area contributed by atoms with E-state index in [1.54, 1.807) is 6.07 Å². The number of hydrogen-bond acceptors (Lipinski definition) is 2. The number of fused-ring (bicyclic) bond motifs is 2. The molecule has 0 saturated carbocycles. The van der Waals surface area contributed by atoms with Gasteiger partial charge >= 0.3 is 0 Å². The van der Waals surface area contributed by atoms with Gasteiger partial charge in [-0.15, -0.1) is 6.58 Å². The fourth-order valence-corrected chi connectivity index (χ4v) is 3.94. The van der Waals surface area contributed by atoms with Crippen LogP contribution in [0.5, 0.6) is 5.75 Å². The SMILES string of the molecule is C=CCN1CCc2cccc3c2C1Cc1cccc(O)c1-3. The van der Waals surface area contributed by atoms with Gasteiger partial charge in [-0.1, -0.05) is 36.4 Å². The molecule has 0 bridgehead atoms. The van der Waals surface area contributed by atoms with Gasteiger partial charge in [-0.2, -0.15) is 0 Å². The molecule has 0 amide bonds. The van der Waals surface area contributed by atoms with Crippen molar-refractivity contribution in [2.45, 2.75) is 18.9 Å². The van der Waals surface area contributed by atoms with Gasteiger partial charge in [-0.05, 0) is 41.2 Å². The second kappa shape index (κ2) is 4.74. The summed E-state index contributed by atoms with van der Waals surface area (Å²) in [4.78, 5) is 2.51. The number of hydrogen-bond donors (Lipinski definition) is 1. The molecular weight excluding hydrogens is 258 g/mol. The Bertz CT molecular complexity index is 720. The first-order chi connectivity index (χ1) is 10.3. The molecule has 2 aliphatic rings. The smallest absolute Gasteiger partial charge is 0.123 e. The molecule has 106 valence electrons. The predicted molar refractivity (Wildman–Crippen MR) is 85.5 cm³/mol. The second-order valence-electron chi connectivity index (χ2n) is 5.94. The summed E-state index contributed by atoms with van der Waals surface area (Å²) in [6.45, 7) is 5.90. The third-order valence-corrected chi connectivity index (χ3v) is 4.81. The fourth-order valence-electron chi connectivity index (χ4n) is 3.94. The summed E-state index contributed by atoms with van der Waals surface area (Å²) < 4.78 is 0. The molecule has 2 heteroatoms. The highest BCUT2D eigenvalue weighted by Gasteiger charge is 2.34. The van der Waals surface area contributed by atoms with Gasteiger partial charge in [0.2, 0.25) is 0 Å². The Morgan fingerprint density at radius 2 is 2.00 bits per heavy atom. The molecule has 1 N–H and O–H groups in total. The van der Waals surface area contributed by atoms with Crippen LogP contribution in [0.25, 0.3) is 11.1 Å². The average molecular weight is 277 g/mol. The van der Waals surface area contributed by atoms with Gasteiger partial charge in [-0.3, -0.25) is 4.90 Å². The molecule has 0 radical (unpaired) electrons. The molecule has 1 aliphatic heterocycles. The first-order valence-electron chi connectivity index (χ1n) is 7.57. The molecule has 0 fully saturated rings. The number of rotatable bonds is 2. The van der Waals surface area contributed by atoms with Crippen molar-refractivity contribution < 1.29 is 5.11 Å². The van der Waals surface area contributed by atoms with Crippen LogP contribution < -0.4 is 0 Å². The Kier molecular flexibility index (Phi) is 2.86. The van der Waals surface area contributed by atoms with Crippen LogP contribution in [0.1, 0.15) is 22.7 Å². The van der Waals surface area contributed by atoms with Gasteiger partial charge < -0.3 is 5.11 Å². The molecule has 2 aromatic rings. The first-order valence-corrected chi connectivity index (χ1v) is 7.57. The Hall–Kier alpha value is -2.06. The van der Waals surface area contributed by atoms with Crippen LogP contribution in [-0.4, -0.2) is 23.1 Å². The van der Waals surface area contributed by atoms with E-state index >= 15 is 0 Å². The maximum Gasteiger partial charge on any atom is 0.123 e. The van der Waals surface area contributed by atoms with E-state index in [2.05, 4.69) is 35.7 Å². The van der Waals surface area contributed by atoms with Crippen LogP contribution in [0.15, 0.2) is 49.1 Å². The molecule has 0 aromatic heterocycles. The Labute approximate surface area is 125 Å². The number of phenolic OH excluding ortho intramolecular Hbond substituents is 1. The van der Waals surface area contributed by atoms with Gasteiger partial charge in [0.05, 0.1) is 0 Å². The van der Waals surface area contributed by atoms with Crippen molar-refractivity contribution in [1.29, 1.82) is 0 Å². The fraction of sp³-hybridized carbons (Fsp3) is 0.263. The lowest BCUT2D eigenvalue weighted by Gasteiger charge is -2.41. The average Bonchev–Trinajstić information content (AvgIpc) is 2.50. The number of benzene rings is 2. The van der Waals surface area contributed by atoms with Gasteiger partial charge in [0.1, 0.15) is 5.75 Å². The number of phenols is 1. The summed E-state index contributed by atoms with van der Waals surface area (Å²) in [5.74, 6) is 0.403. The van der Waals surface area contributed by atoms with E-state index in [0.29, 0.717) is 11.8 Å². The maximum atomic E-state index is 10.3. The molecule has 1 heterocycles. The Morgan fingerprint density at radius 1 is 1.19 bits per heavy atom. The van der Waals surface area contributed by atoms with Crippen molar-refractivity contribution in [3.05, 3.63) is 65.7 Å². The van der Waals surface area contributed by atoms with Crippen LogP contribution >= 0.6 is 0 Å². The zero-order chi connectivity index (χ0) is 14.4. The number of nitrogens with zero attached hydrogens (tertiary/aromatic N) is 1. The highest BCUT2D eigenvalue weighted by Crippen LogP contribution is 2.47. The number of aromatic hydroxyl groups is 1. The van der Waals surface area contributed by atoms with Crippen molar-refractivity contribution in [1.82, 2.24) is 4.90 Å². The largest absolute Gasteiger partial charge is 0.507 e.